The van der Waals surface area contributed by atoms with Gasteiger partial charge in [0.15, 0.2) is 12.0 Å². The normalized spacial score (nSPS) is 27.1. The Balaban J connectivity index is 1.67. The van der Waals surface area contributed by atoms with E-state index in [9.17, 15) is 13.2 Å². The van der Waals surface area contributed by atoms with Crippen LogP contribution in [0.25, 0.3) is 11.0 Å². The van der Waals surface area contributed by atoms with Crippen LogP contribution in [0, 0.1) is 12.3 Å². The van der Waals surface area contributed by atoms with Gasteiger partial charge in [0.2, 0.25) is 0 Å². The van der Waals surface area contributed by atoms with E-state index in [1.54, 1.807) is 24.6 Å². The first kappa shape index (κ1) is 21.3. The molecule has 0 aliphatic carbocycles. The van der Waals surface area contributed by atoms with E-state index in [1.165, 1.54) is 6.33 Å². The number of rotatable bonds is 5. The predicted molar refractivity (Wildman–Crippen MR) is 105 cm³/mol. The molecule has 0 spiro atoms. The zero-order valence-electron chi connectivity index (χ0n) is 16.5. The van der Waals surface area contributed by atoms with Crippen LogP contribution < -0.4 is 16.2 Å². The number of aromatic nitrogens is 3. The molecule has 2 aromatic heterocycles. The van der Waals surface area contributed by atoms with E-state index in [2.05, 4.69) is 24.8 Å². The van der Waals surface area contributed by atoms with Gasteiger partial charge in [0, 0.05) is 12.7 Å². The minimum Gasteiger partial charge on any atom is -0.383 e. The number of hydrogen-bond acceptors (Lipinski definition) is 10. The summed E-state index contributed by atoms with van der Waals surface area (Å²) in [6.07, 6.45) is 4.24. The molecule has 2 fully saturated rings. The minimum atomic E-state index is -4.42. The molecule has 2 aliphatic rings. The maximum atomic E-state index is 11.8. The van der Waals surface area contributed by atoms with Gasteiger partial charge in [-0.25, -0.2) is 14.8 Å². The number of anilines is 1. The van der Waals surface area contributed by atoms with E-state index in [-0.39, 0.29) is 12.4 Å². The van der Waals surface area contributed by atoms with Gasteiger partial charge in [-0.1, -0.05) is 5.92 Å². The van der Waals surface area contributed by atoms with Gasteiger partial charge in [0.25, 0.3) is 0 Å². The largest absolute Gasteiger partial charge is 0.421 e. The van der Waals surface area contributed by atoms with Crippen LogP contribution in [0.3, 0.4) is 0 Å². The molecule has 0 bridgehead atoms. The summed E-state index contributed by atoms with van der Waals surface area (Å²) in [6.45, 7) is 3.17. The van der Waals surface area contributed by atoms with Crippen molar-refractivity contribution in [2.75, 3.05) is 12.3 Å². The van der Waals surface area contributed by atoms with Crippen LogP contribution in [-0.4, -0.2) is 59.7 Å². The van der Waals surface area contributed by atoms with Gasteiger partial charge in [-0.05, 0) is 13.8 Å². The first-order valence-corrected chi connectivity index (χ1v) is 10.5. The van der Waals surface area contributed by atoms with E-state index in [0.29, 0.717) is 16.6 Å². The highest BCUT2D eigenvalue weighted by molar-refractivity contribution is 7.85. The number of amides is 1. The van der Waals surface area contributed by atoms with Gasteiger partial charge in [0.1, 0.15) is 36.1 Å². The van der Waals surface area contributed by atoms with Gasteiger partial charge >= 0.3 is 16.4 Å². The Morgan fingerprint density at radius 3 is 2.77 bits per heavy atom. The molecule has 4 atom stereocenters. The number of hydrogen-bond donors (Lipinski definition) is 3. The number of carbonyl (C=O) groups excluding carboxylic acids is 1. The van der Waals surface area contributed by atoms with E-state index in [4.69, 9.17) is 32.1 Å². The molecule has 2 aromatic rings. The average Bonchev–Trinajstić information content (AvgIpc) is 3.28. The van der Waals surface area contributed by atoms with Crippen molar-refractivity contribution in [1.82, 2.24) is 19.3 Å². The first-order chi connectivity index (χ1) is 14.5. The fourth-order valence-electron chi connectivity index (χ4n) is 3.78. The quantitative estimate of drug-likeness (QED) is 0.492. The Labute approximate surface area is 177 Å². The summed E-state index contributed by atoms with van der Waals surface area (Å²) in [5, 5.41) is 0.488. The Morgan fingerprint density at radius 1 is 1.39 bits per heavy atom. The zero-order valence-corrected chi connectivity index (χ0v) is 17.3. The average molecular weight is 452 g/mol. The number of ether oxygens (including phenoxy) is 3. The van der Waals surface area contributed by atoms with Crippen molar-refractivity contribution in [2.24, 2.45) is 5.73 Å². The van der Waals surface area contributed by atoms with Gasteiger partial charge in [-0.3, -0.25) is 0 Å². The number of nitrogens with zero attached hydrogens (tertiary/aromatic N) is 3. The molecule has 14 heteroatoms. The molecule has 0 unspecified atom stereocenters. The van der Waals surface area contributed by atoms with Gasteiger partial charge < -0.3 is 34.4 Å². The molecular formula is C17H20N6O7S. The van der Waals surface area contributed by atoms with Crippen LogP contribution in [-0.2, 0) is 28.7 Å². The third-order valence-corrected chi connectivity index (χ3v) is 5.75. The molecular weight excluding hydrogens is 432 g/mol. The van der Waals surface area contributed by atoms with Crippen LogP contribution in [0.15, 0.2) is 12.5 Å². The summed E-state index contributed by atoms with van der Waals surface area (Å²) in [4.78, 5) is 19.0. The van der Waals surface area contributed by atoms with Crippen molar-refractivity contribution >= 4 is 33.2 Å². The molecule has 2 saturated heterocycles. The fourth-order valence-corrected chi connectivity index (χ4v) is 4.42. The lowest BCUT2D eigenvalue weighted by Crippen LogP contribution is -2.41. The number of nitrogen functional groups attached to an aromatic ring is 1. The molecule has 0 aromatic carbocycles. The monoisotopic (exact) mass is 452 g/mol. The number of terminal acetylenes is 1. The number of carbonyl (C=O) groups is 1. The molecule has 13 nitrogen and oxygen atoms in total. The Hall–Kier alpha value is -2.96. The molecule has 0 radical (unpaired) electrons. The van der Waals surface area contributed by atoms with Crippen LogP contribution in [0.2, 0.25) is 0 Å². The van der Waals surface area contributed by atoms with Gasteiger partial charge in [-0.15, -0.1) is 6.42 Å². The maximum Gasteiger partial charge on any atom is 0.421 e. The molecule has 166 valence electrons. The second kappa shape index (κ2) is 7.32. The smallest absolute Gasteiger partial charge is 0.383 e. The molecule has 5 N–H and O–H groups in total. The number of nitrogens with two attached hydrogens (primary N) is 2. The predicted octanol–water partition coefficient (Wildman–Crippen LogP) is -0.658. The maximum absolute atomic E-state index is 11.8. The lowest BCUT2D eigenvalue weighted by molar-refractivity contribution is -0.195. The fraction of sp³-hybridized carbons (Fsp3) is 0.471. The standard InChI is InChI=1S/C17H20N6O7S/c1-4-8-6-23(14-10(8)13(18)20-7-21-14)15-12-11(28-17(2,3)29-12)9(27-15)5-22-31(25,26)30-16(19)24/h1,6-7,9,11-12,15,22H,5H2,2-3H3,(H2,19,24)(H2,18,20,21)/t9-,11-,12-,15-/m1/s1. The lowest BCUT2D eigenvalue weighted by Gasteiger charge is -2.25. The van der Waals surface area contributed by atoms with Crippen molar-refractivity contribution in [3.63, 3.8) is 0 Å². The van der Waals surface area contributed by atoms with Crippen molar-refractivity contribution in [2.45, 2.75) is 44.2 Å². The zero-order chi connectivity index (χ0) is 22.6. The van der Waals surface area contributed by atoms with Crippen LogP contribution in [0.4, 0.5) is 10.6 Å². The summed E-state index contributed by atoms with van der Waals surface area (Å²) in [5.74, 6) is 1.80. The van der Waals surface area contributed by atoms with Crippen molar-refractivity contribution < 1.29 is 31.6 Å². The Kier molecular flexibility index (Phi) is 5.03. The topological polar surface area (TPSA) is 183 Å². The number of nitrogens with one attached hydrogen (secondary N) is 1. The summed E-state index contributed by atoms with van der Waals surface area (Å²) < 4.78 is 49.4. The number of primary amides is 1. The number of fused-ring (bicyclic) bond motifs is 2. The SMILES string of the molecule is C#Cc1cn([C@@H]2O[C@H](CNS(=O)(=O)OC(N)=O)[C@H]3OC(C)(C)O[C@H]32)c2ncnc(N)c12. The highest BCUT2D eigenvalue weighted by Crippen LogP contribution is 2.44. The molecule has 4 heterocycles. The van der Waals surface area contributed by atoms with Gasteiger partial charge in [-0.2, -0.15) is 13.1 Å². The molecule has 31 heavy (non-hydrogen) atoms. The third-order valence-electron chi connectivity index (χ3n) is 4.85. The minimum absolute atomic E-state index is 0.211. The van der Waals surface area contributed by atoms with Crippen molar-refractivity contribution in [3.8, 4) is 12.3 Å². The molecule has 0 saturated carbocycles. The van der Waals surface area contributed by atoms with Crippen LogP contribution >= 0.6 is 0 Å². The summed E-state index contributed by atoms with van der Waals surface area (Å²) in [5.41, 5.74) is 11.6. The highest BCUT2D eigenvalue weighted by Gasteiger charge is 2.56. The summed E-state index contributed by atoms with van der Waals surface area (Å²) in [6, 6.07) is 0. The second-order valence-corrected chi connectivity index (χ2v) is 8.75. The molecule has 1 amide bonds. The van der Waals surface area contributed by atoms with Gasteiger partial charge in [0.05, 0.1) is 10.9 Å². The van der Waals surface area contributed by atoms with Crippen molar-refractivity contribution in [1.29, 1.82) is 0 Å². The van der Waals surface area contributed by atoms with E-state index in [0.717, 1.165) is 0 Å². The van der Waals surface area contributed by atoms with E-state index >= 15 is 0 Å². The second-order valence-electron chi connectivity index (χ2n) is 7.39. The Bertz CT molecular complexity index is 1190. The highest BCUT2D eigenvalue weighted by atomic mass is 32.2. The van der Waals surface area contributed by atoms with Crippen LogP contribution in [0.1, 0.15) is 25.6 Å². The third kappa shape index (κ3) is 3.89. The Morgan fingerprint density at radius 2 is 2.10 bits per heavy atom. The van der Waals surface area contributed by atoms with E-state index in [1.807, 2.05) is 0 Å². The lowest BCUT2D eigenvalue weighted by atomic mass is 10.1. The first-order valence-electron chi connectivity index (χ1n) is 9.08. The van der Waals surface area contributed by atoms with E-state index < -0.39 is 46.7 Å². The summed E-state index contributed by atoms with van der Waals surface area (Å²) >= 11 is 0. The van der Waals surface area contributed by atoms with Crippen molar-refractivity contribution in [3.05, 3.63) is 18.1 Å². The summed E-state index contributed by atoms with van der Waals surface area (Å²) in [7, 11) is -4.42. The van der Waals surface area contributed by atoms with Crippen LogP contribution in [0.5, 0.6) is 0 Å². The molecule has 4 rings (SSSR count). The molecule has 2 aliphatic heterocycles.